The van der Waals surface area contributed by atoms with E-state index in [1.807, 2.05) is 6.92 Å². The molecule has 126 valence electrons. The quantitative estimate of drug-likeness (QED) is 0.364. The van der Waals surface area contributed by atoms with Gasteiger partial charge in [0.05, 0.1) is 19.3 Å². The molecule has 0 aromatic rings. The lowest BCUT2D eigenvalue weighted by molar-refractivity contribution is -0.0971. The average molecular weight is 413 g/mol. The molecule has 1 saturated heterocycles. The highest BCUT2D eigenvalue weighted by Crippen LogP contribution is 2.24. The Balaban J connectivity index is 0.00000400. The number of nitrogens with zero attached hydrogens (tertiary/aromatic N) is 1. The molecule has 1 aliphatic heterocycles. The van der Waals surface area contributed by atoms with Gasteiger partial charge in [-0.3, -0.25) is 4.99 Å². The van der Waals surface area contributed by atoms with Gasteiger partial charge in [0.15, 0.2) is 5.96 Å². The first-order chi connectivity index (χ1) is 9.50. The minimum atomic E-state index is 0. The molecule has 0 spiro atoms. The zero-order chi connectivity index (χ0) is 15.0. The number of halogens is 1. The third kappa shape index (κ3) is 7.65. The van der Waals surface area contributed by atoms with E-state index in [1.165, 1.54) is 0 Å². The number of hydrogen-bond acceptors (Lipinski definition) is 3. The molecule has 21 heavy (non-hydrogen) atoms. The van der Waals surface area contributed by atoms with E-state index in [2.05, 4.69) is 36.4 Å². The Bertz CT molecular complexity index is 307. The number of hydrogen-bond donors (Lipinski definition) is 2. The first-order valence-electron chi connectivity index (χ1n) is 7.64. The van der Waals surface area contributed by atoms with Crippen LogP contribution in [0.4, 0.5) is 0 Å². The second-order valence-corrected chi connectivity index (χ2v) is 6.18. The van der Waals surface area contributed by atoms with E-state index >= 15 is 0 Å². The predicted molar refractivity (Wildman–Crippen MR) is 98.6 cm³/mol. The standard InChI is InChI=1S/C15H31N3O2.HI/c1-6-20-13(12(2)3)7-8-17-14(16-5)18-9-15(4)10-19-11-15;/h12-13H,6-11H2,1-5H3,(H2,16,17,18);1H. The summed E-state index contributed by atoms with van der Waals surface area (Å²) in [7, 11) is 1.80. The van der Waals surface area contributed by atoms with Crippen molar-refractivity contribution < 1.29 is 9.47 Å². The van der Waals surface area contributed by atoms with Crippen LogP contribution in [0.1, 0.15) is 34.1 Å². The Kier molecular flexibility index (Phi) is 10.6. The maximum atomic E-state index is 5.74. The predicted octanol–water partition coefficient (Wildman–Crippen LogP) is 2.26. The molecular formula is C15H32IN3O2. The number of aliphatic imine (C=N–C) groups is 1. The SMILES string of the molecule is CCOC(CCNC(=NC)NCC1(C)COC1)C(C)C.I. The van der Waals surface area contributed by atoms with Gasteiger partial charge < -0.3 is 20.1 Å². The molecule has 0 aromatic carbocycles. The third-order valence-electron chi connectivity index (χ3n) is 3.65. The van der Waals surface area contributed by atoms with Gasteiger partial charge in [-0.15, -0.1) is 24.0 Å². The highest BCUT2D eigenvalue weighted by molar-refractivity contribution is 14.0. The molecule has 6 heteroatoms. The number of ether oxygens (including phenoxy) is 2. The van der Waals surface area contributed by atoms with E-state index in [4.69, 9.17) is 9.47 Å². The summed E-state index contributed by atoms with van der Waals surface area (Å²) in [6, 6.07) is 0. The molecular weight excluding hydrogens is 381 g/mol. The van der Waals surface area contributed by atoms with E-state index in [-0.39, 0.29) is 29.4 Å². The third-order valence-corrected chi connectivity index (χ3v) is 3.65. The zero-order valence-electron chi connectivity index (χ0n) is 14.1. The van der Waals surface area contributed by atoms with Crippen molar-refractivity contribution in [2.45, 2.75) is 40.2 Å². The van der Waals surface area contributed by atoms with Crippen LogP contribution in [0, 0.1) is 11.3 Å². The molecule has 0 saturated carbocycles. The van der Waals surface area contributed by atoms with Gasteiger partial charge in [0.1, 0.15) is 0 Å². The Hall–Kier alpha value is -0.0800. The second-order valence-electron chi connectivity index (χ2n) is 6.18. The summed E-state index contributed by atoms with van der Waals surface area (Å²) < 4.78 is 11.0. The van der Waals surface area contributed by atoms with Crippen molar-refractivity contribution in [3.05, 3.63) is 0 Å². The first-order valence-corrected chi connectivity index (χ1v) is 7.64. The molecule has 1 fully saturated rings. The number of guanidine groups is 1. The average Bonchev–Trinajstić information content (AvgIpc) is 2.39. The van der Waals surface area contributed by atoms with Gasteiger partial charge in [-0.05, 0) is 19.3 Å². The number of nitrogens with one attached hydrogen (secondary N) is 2. The van der Waals surface area contributed by atoms with Crippen molar-refractivity contribution in [1.82, 2.24) is 10.6 Å². The van der Waals surface area contributed by atoms with Crippen LogP contribution in [0.5, 0.6) is 0 Å². The molecule has 0 aromatic heterocycles. The molecule has 1 rings (SSSR count). The fraction of sp³-hybridized carbons (Fsp3) is 0.933. The normalized spacial score (nSPS) is 18.7. The molecule has 1 aliphatic rings. The van der Waals surface area contributed by atoms with Crippen LogP contribution in [-0.4, -0.2) is 52.0 Å². The molecule has 0 amide bonds. The summed E-state index contributed by atoms with van der Waals surface area (Å²) in [4.78, 5) is 4.25. The molecule has 0 bridgehead atoms. The number of rotatable bonds is 8. The maximum absolute atomic E-state index is 5.74. The zero-order valence-corrected chi connectivity index (χ0v) is 16.4. The summed E-state index contributed by atoms with van der Waals surface area (Å²) >= 11 is 0. The topological polar surface area (TPSA) is 54.9 Å². The van der Waals surface area contributed by atoms with E-state index in [1.54, 1.807) is 7.05 Å². The summed E-state index contributed by atoms with van der Waals surface area (Å²) in [5.74, 6) is 1.40. The summed E-state index contributed by atoms with van der Waals surface area (Å²) in [5, 5.41) is 6.72. The first kappa shape index (κ1) is 20.9. The van der Waals surface area contributed by atoms with Crippen molar-refractivity contribution in [3.8, 4) is 0 Å². The van der Waals surface area contributed by atoms with Gasteiger partial charge >= 0.3 is 0 Å². The van der Waals surface area contributed by atoms with Crippen LogP contribution in [-0.2, 0) is 9.47 Å². The fourth-order valence-electron chi connectivity index (χ4n) is 2.23. The Labute approximate surface area is 146 Å². The van der Waals surface area contributed by atoms with Crippen LogP contribution in [0.3, 0.4) is 0 Å². The van der Waals surface area contributed by atoms with Gasteiger partial charge in [-0.2, -0.15) is 0 Å². The monoisotopic (exact) mass is 413 g/mol. The molecule has 0 aliphatic carbocycles. The van der Waals surface area contributed by atoms with Crippen molar-refractivity contribution >= 4 is 29.9 Å². The summed E-state index contributed by atoms with van der Waals surface area (Å²) in [6.45, 7) is 12.9. The Morgan fingerprint density at radius 1 is 1.33 bits per heavy atom. The van der Waals surface area contributed by atoms with Gasteiger partial charge in [0, 0.05) is 32.2 Å². The van der Waals surface area contributed by atoms with Crippen molar-refractivity contribution in [1.29, 1.82) is 0 Å². The molecule has 5 nitrogen and oxygen atoms in total. The fourth-order valence-corrected chi connectivity index (χ4v) is 2.23. The van der Waals surface area contributed by atoms with E-state index in [0.29, 0.717) is 12.0 Å². The minimum Gasteiger partial charge on any atom is -0.380 e. The van der Waals surface area contributed by atoms with Gasteiger partial charge in [-0.25, -0.2) is 0 Å². The molecule has 2 N–H and O–H groups in total. The van der Waals surface area contributed by atoms with Crippen LogP contribution >= 0.6 is 24.0 Å². The summed E-state index contributed by atoms with van der Waals surface area (Å²) in [5.41, 5.74) is 0.253. The molecule has 1 unspecified atom stereocenters. The van der Waals surface area contributed by atoms with E-state index in [9.17, 15) is 0 Å². The van der Waals surface area contributed by atoms with Crippen molar-refractivity contribution in [3.63, 3.8) is 0 Å². The Morgan fingerprint density at radius 2 is 2.00 bits per heavy atom. The Morgan fingerprint density at radius 3 is 2.43 bits per heavy atom. The molecule has 0 radical (unpaired) electrons. The molecule has 1 heterocycles. The van der Waals surface area contributed by atoms with Gasteiger partial charge in [0.25, 0.3) is 0 Å². The largest absolute Gasteiger partial charge is 0.380 e. The van der Waals surface area contributed by atoms with Crippen LogP contribution in [0.2, 0.25) is 0 Å². The summed E-state index contributed by atoms with van der Waals surface area (Å²) in [6.07, 6.45) is 1.30. The highest BCUT2D eigenvalue weighted by Gasteiger charge is 2.33. The van der Waals surface area contributed by atoms with Crippen LogP contribution in [0.15, 0.2) is 4.99 Å². The second kappa shape index (κ2) is 10.6. The van der Waals surface area contributed by atoms with E-state index < -0.39 is 0 Å². The van der Waals surface area contributed by atoms with Crippen LogP contribution in [0.25, 0.3) is 0 Å². The molecule has 1 atom stereocenters. The van der Waals surface area contributed by atoms with Crippen molar-refractivity contribution in [2.24, 2.45) is 16.3 Å². The smallest absolute Gasteiger partial charge is 0.191 e. The lowest BCUT2D eigenvalue weighted by atomic mass is 9.89. The highest BCUT2D eigenvalue weighted by atomic mass is 127. The van der Waals surface area contributed by atoms with E-state index in [0.717, 1.165) is 45.3 Å². The minimum absolute atomic E-state index is 0. The maximum Gasteiger partial charge on any atom is 0.191 e. The van der Waals surface area contributed by atoms with Gasteiger partial charge in [0.2, 0.25) is 0 Å². The van der Waals surface area contributed by atoms with Gasteiger partial charge in [-0.1, -0.05) is 20.8 Å². The van der Waals surface area contributed by atoms with Crippen molar-refractivity contribution in [2.75, 3.05) is 40.0 Å². The lowest BCUT2D eigenvalue weighted by Crippen LogP contribution is -2.51. The van der Waals surface area contributed by atoms with Crippen LogP contribution < -0.4 is 10.6 Å². The lowest BCUT2D eigenvalue weighted by Gasteiger charge is -2.38.